The summed E-state index contributed by atoms with van der Waals surface area (Å²) in [5.41, 5.74) is 7.08. The summed E-state index contributed by atoms with van der Waals surface area (Å²) in [6.45, 7) is 1.02. The number of nitrogens with zero attached hydrogens (tertiary/aromatic N) is 2. The van der Waals surface area contributed by atoms with Crippen LogP contribution in [-0.2, 0) is 6.54 Å². The topological polar surface area (TPSA) is 68.5 Å². The van der Waals surface area contributed by atoms with Crippen LogP contribution in [0.3, 0.4) is 0 Å². The number of primary amides is 1. The lowest BCUT2D eigenvalue weighted by Gasteiger charge is -2.39. The van der Waals surface area contributed by atoms with Crippen molar-refractivity contribution in [2.45, 2.75) is 50.4 Å². The fraction of sp³-hybridized carbons (Fsp3) is 0.400. The van der Waals surface area contributed by atoms with Gasteiger partial charge in [0.2, 0.25) is 5.91 Å². The van der Waals surface area contributed by atoms with Crippen LogP contribution in [0, 0.1) is 0 Å². The molecule has 2 fully saturated rings. The first-order valence-electron chi connectivity index (χ1n) is 8.90. The SMILES string of the molecule is NC(=O)c1cncc(OC2C[C@H]3CC[C@@H](C2)N3Cc2ccccc2)c1. The molecule has 0 saturated carbocycles. The number of pyridine rings is 1. The summed E-state index contributed by atoms with van der Waals surface area (Å²) in [5.74, 6) is 0.160. The number of hydrogen-bond acceptors (Lipinski definition) is 4. The fourth-order valence-electron chi connectivity index (χ4n) is 4.18. The number of benzene rings is 1. The van der Waals surface area contributed by atoms with Gasteiger partial charge in [0.25, 0.3) is 0 Å². The van der Waals surface area contributed by atoms with Crippen molar-refractivity contribution in [2.75, 3.05) is 0 Å². The van der Waals surface area contributed by atoms with Gasteiger partial charge in [-0.05, 0) is 37.3 Å². The standard InChI is InChI=1S/C20H23N3O2/c21-20(24)15-8-19(12-22-11-15)25-18-9-16-6-7-17(10-18)23(16)13-14-4-2-1-3-5-14/h1-5,8,11-12,16-18H,6-7,9-10,13H2,(H2,21,24)/t16-,17+,18?. The molecular weight excluding hydrogens is 314 g/mol. The van der Waals surface area contributed by atoms with Crippen LogP contribution in [0.2, 0.25) is 0 Å². The molecule has 2 aromatic rings. The van der Waals surface area contributed by atoms with E-state index in [9.17, 15) is 4.79 Å². The second-order valence-electron chi connectivity index (χ2n) is 7.03. The van der Waals surface area contributed by atoms with Gasteiger partial charge >= 0.3 is 0 Å². The molecule has 2 bridgehead atoms. The first kappa shape index (κ1) is 16.1. The molecule has 1 unspecified atom stereocenters. The molecule has 130 valence electrons. The predicted octanol–water partition coefficient (Wildman–Crippen LogP) is 2.75. The summed E-state index contributed by atoms with van der Waals surface area (Å²) in [5, 5.41) is 0. The molecule has 0 spiro atoms. The lowest BCUT2D eigenvalue weighted by molar-refractivity contribution is 0.0443. The Hall–Kier alpha value is -2.40. The summed E-state index contributed by atoms with van der Waals surface area (Å²) in [6, 6.07) is 13.5. The minimum absolute atomic E-state index is 0.175. The molecular formula is C20H23N3O2. The van der Waals surface area contributed by atoms with Gasteiger partial charge in [-0.1, -0.05) is 30.3 Å². The maximum Gasteiger partial charge on any atom is 0.250 e. The van der Waals surface area contributed by atoms with Crippen LogP contribution in [-0.4, -0.2) is 34.0 Å². The van der Waals surface area contributed by atoms with E-state index in [1.165, 1.54) is 24.6 Å². The van der Waals surface area contributed by atoms with Crippen molar-refractivity contribution in [3.05, 3.63) is 59.9 Å². The van der Waals surface area contributed by atoms with Crippen molar-refractivity contribution in [3.8, 4) is 5.75 Å². The van der Waals surface area contributed by atoms with Crippen molar-refractivity contribution >= 4 is 5.91 Å². The van der Waals surface area contributed by atoms with Gasteiger partial charge in [0.05, 0.1) is 11.8 Å². The van der Waals surface area contributed by atoms with Crippen molar-refractivity contribution in [3.63, 3.8) is 0 Å². The largest absolute Gasteiger partial charge is 0.489 e. The van der Waals surface area contributed by atoms with Crippen LogP contribution < -0.4 is 10.5 Å². The first-order chi connectivity index (χ1) is 12.2. The number of fused-ring (bicyclic) bond motifs is 2. The number of hydrogen-bond donors (Lipinski definition) is 1. The third-order valence-electron chi connectivity index (χ3n) is 5.35. The van der Waals surface area contributed by atoms with Gasteiger partial charge in [0, 0.05) is 24.8 Å². The Labute approximate surface area is 147 Å². The normalized spacial score (nSPS) is 25.7. The summed E-state index contributed by atoms with van der Waals surface area (Å²) in [7, 11) is 0. The summed E-state index contributed by atoms with van der Waals surface area (Å²) in [4.78, 5) is 18.0. The highest BCUT2D eigenvalue weighted by molar-refractivity contribution is 5.92. The molecule has 0 radical (unpaired) electrons. The van der Waals surface area contributed by atoms with E-state index in [2.05, 4.69) is 40.2 Å². The van der Waals surface area contributed by atoms with Crippen LogP contribution >= 0.6 is 0 Å². The molecule has 1 aromatic heterocycles. The maximum atomic E-state index is 11.3. The van der Waals surface area contributed by atoms with Gasteiger partial charge in [0.1, 0.15) is 11.9 Å². The Morgan fingerprint density at radius 2 is 1.88 bits per heavy atom. The molecule has 4 rings (SSSR count). The van der Waals surface area contributed by atoms with Crippen LogP contribution in [0.5, 0.6) is 5.75 Å². The van der Waals surface area contributed by atoms with Crippen molar-refractivity contribution in [1.29, 1.82) is 0 Å². The van der Waals surface area contributed by atoms with Crippen molar-refractivity contribution < 1.29 is 9.53 Å². The van der Waals surface area contributed by atoms with E-state index in [0.29, 0.717) is 23.4 Å². The zero-order valence-electron chi connectivity index (χ0n) is 14.2. The molecule has 2 aliphatic heterocycles. The third-order valence-corrected chi connectivity index (χ3v) is 5.35. The lowest BCUT2D eigenvalue weighted by Crippen LogP contribution is -2.45. The highest BCUT2D eigenvalue weighted by Gasteiger charge is 2.41. The second kappa shape index (κ2) is 6.84. The van der Waals surface area contributed by atoms with Crippen LogP contribution in [0.4, 0.5) is 0 Å². The van der Waals surface area contributed by atoms with E-state index in [0.717, 1.165) is 19.4 Å². The Kier molecular flexibility index (Phi) is 4.40. The van der Waals surface area contributed by atoms with Crippen LogP contribution in [0.1, 0.15) is 41.6 Å². The number of piperidine rings is 1. The quantitative estimate of drug-likeness (QED) is 0.911. The zero-order chi connectivity index (χ0) is 17.2. The minimum atomic E-state index is -0.476. The number of nitrogens with two attached hydrogens (primary N) is 1. The average molecular weight is 337 g/mol. The first-order valence-corrected chi connectivity index (χ1v) is 8.90. The fourth-order valence-corrected chi connectivity index (χ4v) is 4.18. The van der Waals surface area contributed by atoms with Crippen molar-refractivity contribution in [2.24, 2.45) is 5.73 Å². The molecule has 3 heterocycles. The molecule has 5 heteroatoms. The Bertz CT molecular complexity index is 736. The number of rotatable bonds is 5. The number of aromatic nitrogens is 1. The van der Waals surface area contributed by atoms with E-state index in [1.807, 2.05) is 0 Å². The second-order valence-corrected chi connectivity index (χ2v) is 7.03. The number of ether oxygens (including phenoxy) is 1. The number of carbonyl (C=O) groups is 1. The van der Waals surface area contributed by atoms with E-state index in [4.69, 9.17) is 10.5 Å². The Morgan fingerprint density at radius 3 is 2.56 bits per heavy atom. The zero-order valence-corrected chi connectivity index (χ0v) is 14.2. The molecule has 2 aliphatic rings. The highest BCUT2D eigenvalue weighted by atomic mass is 16.5. The summed E-state index contributed by atoms with van der Waals surface area (Å²) < 4.78 is 6.13. The van der Waals surface area contributed by atoms with Crippen LogP contribution in [0.15, 0.2) is 48.8 Å². The van der Waals surface area contributed by atoms with Crippen LogP contribution in [0.25, 0.3) is 0 Å². The molecule has 3 atom stereocenters. The molecule has 5 nitrogen and oxygen atoms in total. The average Bonchev–Trinajstić information content (AvgIpc) is 2.85. The summed E-state index contributed by atoms with van der Waals surface area (Å²) in [6.07, 6.45) is 7.81. The van der Waals surface area contributed by atoms with Gasteiger partial charge < -0.3 is 10.5 Å². The minimum Gasteiger partial charge on any atom is -0.489 e. The molecule has 0 aliphatic carbocycles. The smallest absolute Gasteiger partial charge is 0.250 e. The lowest BCUT2D eigenvalue weighted by atomic mass is 9.98. The highest BCUT2D eigenvalue weighted by Crippen LogP contribution is 2.38. The number of amides is 1. The van der Waals surface area contributed by atoms with E-state index in [1.54, 1.807) is 12.3 Å². The van der Waals surface area contributed by atoms with E-state index >= 15 is 0 Å². The Balaban J connectivity index is 1.41. The number of carbonyl (C=O) groups excluding carboxylic acids is 1. The van der Waals surface area contributed by atoms with E-state index < -0.39 is 5.91 Å². The van der Waals surface area contributed by atoms with Gasteiger partial charge in [-0.2, -0.15) is 0 Å². The van der Waals surface area contributed by atoms with E-state index in [-0.39, 0.29) is 6.10 Å². The molecule has 25 heavy (non-hydrogen) atoms. The van der Waals surface area contributed by atoms with Gasteiger partial charge in [-0.3, -0.25) is 14.7 Å². The van der Waals surface area contributed by atoms with Gasteiger partial charge in [0.15, 0.2) is 0 Å². The Morgan fingerprint density at radius 1 is 1.16 bits per heavy atom. The summed E-state index contributed by atoms with van der Waals surface area (Å²) >= 11 is 0. The molecule has 2 N–H and O–H groups in total. The van der Waals surface area contributed by atoms with Gasteiger partial charge in [-0.15, -0.1) is 0 Å². The molecule has 1 amide bonds. The molecule has 1 aromatic carbocycles. The monoisotopic (exact) mass is 337 g/mol. The molecule has 2 saturated heterocycles. The predicted molar refractivity (Wildman–Crippen MR) is 95.2 cm³/mol. The van der Waals surface area contributed by atoms with Crippen molar-refractivity contribution in [1.82, 2.24) is 9.88 Å². The third kappa shape index (κ3) is 3.51. The van der Waals surface area contributed by atoms with Gasteiger partial charge in [-0.25, -0.2) is 0 Å². The maximum absolute atomic E-state index is 11.3.